The lowest BCUT2D eigenvalue weighted by Gasteiger charge is -2.16. The maximum absolute atomic E-state index is 11.1. The predicted molar refractivity (Wildman–Crippen MR) is 44.6 cm³/mol. The zero-order valence-corrected chi connectivity index (χ0v) is 7.14. The fourth-order valence-corrected chi connectivity index (χ4v) is 2.00. The Hall–Kier alpha value is -0.280. The van der Waals surface area contributed by atoms with Crippen molar-refractivity contribution in [3.8, 4) is 0 Å². The zero-order chi connectivity index (χ0) is 7.14. The quantitative estimate of drug-likeness (QED) is 0.571. The van der Waals surface area contributed by atoms with E-state index in [1.807, 2.05) is 4.90 Å². The second-order valence-electron chi connectivity index (χ2n) is 3.16. The third-order valence-electron chi connectivity index (χ3n) is 2.52. The molecule has 4 heteroatoms. The number of halogens is 1. The van der Waals surface area contributed by atoms with Gasteiger partial charge in [0.05, 0.1) is 0 Å². The highest BCUT2D eigenvalue weighted by molar-refractivity contribution is 5.85. The Labute approximate surface area is 72.3 Å². The molecule has 1 amide bonds. The van der Waals surface area contributed by atoms with Crippen LogP contribution in [0.1, 0.15) is 19.3 Å². The molecule has 2 heterocycles. The van der Waals surface area contributed by atoms with E-state index in [0.29, 0.717) is 12.5 Å². The summed E-state index contributed by atoms with van der Waals surface area (Å²) in [6.07, 6.45) is 2.84. The Bertz CT molecular complexity index is 174. The number of amides is 1. The molecule has 2 saturated heterocycles. The molecule has 0 saturated carbocycles. The highest BCUT2D eigenvalue weighted by atomic mass is 35.5. The van der Waals surface area contributed by atoms with Gasteiger partial charge in [-0.15, -0.1) is 12.4 Å². The summed E-state index contributed by atoms with van der Waals surface area (Å²) in [7, 11) is 0. The van der Waals surface area contributed by atoms with Gasteiger partial charge >= 0.3 is 0 Å². The smallest absolute Gasteiger partial charge is 0.224 e. The van der Waals surface area contributed by atoms with Crippen molar-refractivity contribution in [1.29, 1.82) is 0 Å². The van der Waals surface area contributed by atoms with E-state index in [0.717, 1.165) is 19.4 Å². The molecule has 2 fully saturated rings. The number of rotatable bonds is 0. The van der Waals surface area contributed by atoms with Gasteiger partial charge in [0.1, 0.15) is 0 Å². The minimum Gasteiger partial charge on any atom is -0.338 e. The van der Waals surface area contributed by atoms with Crippen LogP contribution in [0.4, 0.5) is 0 Å². The normalized spacial score (nSPS) is 35.4. The van der Waals surface area contributed by atoms with Crippen molar-refractivity contribution in [3.63, 3.8) is 0 Å². The highest BCUT2D eigenvalue weighted by Gasteiger charge is 2.40. The van der Waals surface area contributed by atoms with Crippen LogP contribution in [-0.4, -0.2) is 29.4 Å². The average Bonchev–Trinajstić information content (AvgIpc) is 2.39. The fourth-order valence-electron chi connectivity index (χ4n) is 2.00. The van der Waals surface area contributed by atoms with E-state index in [-0.39, 0.29) is 24.4 Å². The number of fused-ring (bicyclic) bond motifs is 1. The molecule has 0 radical (unpaired) electrons. The van der Waals surface area contributed by atoms with Gasteiger partial charge in [0.15, 0.2) is 0 Å². The molecule has 2 atom stereocenters. The van der Waals surface area contributed by atoms with Crippen molar-refractivity contribution >= 4 is 18.3 Å². The lowest BCUT2D eigenvalue weighted by Crippen LogP contribution is -2.35. The van der Waals surface area contributed by atoms with Gasteiger partial charge in [-0.3, -0.25) is 4.79 Å². The molecular formula is C7H13ClN2O. The molecular weight excluding hydrogens is 164 g/mol. The van der Waals surface area contributed by atoms with Gasteiger partial charge in [-0.1, -0.05) is 0 Å². The topological polar surface area (TPSA) is 46.3 Å². The Balaban J connectivity index is 0.000000605. The zero-order valence-electron chi connectivity index (χ0n) is 6.32. The molecule has 2 rings (SSSR count). The standard InChI is InChI=1S/C7H12N2O.ClH/c8-5-4-7(10)9-3-1-2-6(5)9;/h5-6H,1-4,8H2;1H/t5-,6+;/m1./s1. The average molecular weight is 177 g/mol. The van der Waals surface area contributed by atoms with Crippen LogP contribution in [0.25, 0.3) is 0 Å². The van der Waals surface area contributed by atoms with Crippen molar-refractivity contribution in [3.05, 3.63) is 0 Å². The summed E-state index contributed by atoms with van der Waals surface area (Å²) in [6, 6.07) is 0.502. The van der Waals surface area contributed by atoms with Crippen LogP contribution in [0.15, 0.2) is 0 Å². The lowest BCUT2D eigenvalue weighted by molar-refractivity contribution is -0.127. The van der Waals surface area contributed by atoms with Crippen molar-refractivity contribution < 1.29 is 4.79 Å². The molecule has 2 N–H and O–H groups in total. The van der Waals surface area contributed by atoms with Crippen molar-refractivity contribution in [2.24, 2.45) is 5.73 Å². The molecule has 0 bridgehead atoms. The van der Waals surface area contributed by atoms with Gasteiger partial charge < -0.3 is 10.6 Å². The first kappa shape index (κ1) is 8.81. The van der Waals surface area contributed by atoms with Crippen LogP contribution in [0.2, 0.25) is 0 Å². The van der Waals surface area contributed by atoms with E-state index in [1.54, 1.807) is 0 Å². The Kier molecular flexibility index (Phi) is 2.40. The number of hydrogen-bond donors (Lipinski definition) is 1. The van der Waals surface area contributed by atoms with Crippen LogP contribution in [0, 0.1) is 0 Å². The van der Waals surface area contributed by atoms with Crippen LogP contribution < -0.4 is 5.73 Å². The van der Waals surface area contributed by atoms with Crippen LogP contribution in [0.3, 0.4) is 0 Å². The van der Waals surface area contributed by atoms with Gasteiger partial charge in [-0.05, 0) is 12.8 Å². The predicted octanol–water partition coefficient (Wildman–Crippen LogP) is 0.130. The van der Waals surface area contributed by atoms with E-state index >= 15 is 0 Å². The highest BCUT2D eigenvalue weighted by Crippen LogP contribution is 2.27. The van der Waals surface area contributed by atoms with Crippen LogP contribution in [0.5, 0.6) is 0 Å². The molecule has 0 aromatic heterocycles. The molecule has 0 aliphatic carbocycles. The first-order chi connectivity index (χ1) is 4.79. The van der Waals surface area contributed by atoms with Gasteiger partial charge in [0.25, 0.3) is 0 Å². The first-order valence-electron chi connectivity index (χ1n) is 3.84. The van der Waals surface area contributed by atoms with Crippen molar-refractivity contribution in [2.75, 3.05) is 6.54 Å². The largest absolute Gasteiger partial charge is 0.338 e. The SMILES string of the molecule is Cl.N[C@@H]1CC(=O)N2CCC[C@@H]12. The first-order valence-corrected chi connectivity index (χ1v) is 3.84. The summed E-state index contributed by atoms with van der Waals surface area (Å²) in [5, 5.41) is 0. The number of carbonyl (C=O) groups is 1. The third-order valence-corrected chi connectivity index (χ3v) is 2.52. The van der Waals surface area contributed by atoms with Gasteiger partial charge in [0.2, 0.25) is 5.91 Å². The van der Waals surface area contributed by atoms with Crippen molar-refractivity contribution in [1.82, 2.24) is 4.90 Å². The Morgan fingerprint density at radius 3 is 2.91 bits per heavy atom. The lowest BCUT2D eigenvalue weighted by atomic mass is 10.1. The molecule has 64 valence electrons. The van der Waals surface area contributed by atoms with E-state index in [2.05, 4.69) is 0 Å². The minimum atomic E-state index is 0. The summed E-state index contributed by atoms with van der Waals surface area (Å²) in [5.41, 5.74) is 5.75. The maximum Gasteiger partial charge on any atom is 0.224 e. The van der Waals surface area contributed by atoms with E-state index in [9.17, 15) is 4.79 Å². The third kappa shape index (κ3) is 1.23. The molecule has 0 aromatic carbocycles. The van der Waals surface area contributed by atoms with Crippen LogP contribution >= 0.6 is 12.4 Å². The summed E-state index contributed by atoms with van der Waals surface area (Å²) in [4.78, 5) is 13.0. The molecule has 2 aliphatic heterocycles. The molecule has 2 aliphatic rings. The summed E-state index contributed by atoms with van der Waals surface area (Å²) in [5.74, 6) is 0.259. The van der Waals surface area contributed by atoms with E-state index < -0.39 is 0 Å². The second kappa shape index (κ2) is 2.99. The summed E-state index contributed by atoms with van der Waals surface area (Å²) < 4.78 is 0. The Morgan fingerprint density at radius 2 is 2.27 bits per heavy atom. The van der Waals surface area contributed by atoms with Gasteiger partial charge in [-0.2, -0.15) is 0 Å². The van der Waals surface area contributed by atoms with Crippen molar-refractivity contribution in [2.45, 2.75) is 31.3 Å². The monoisotopic (exact) mass is 176 g/mol. The Morgan fingerprint density at radius 1 is 1.55 bits per heavy atom. The van der Waals surface area contributed by atoms with E-state index in [4.69, 9.17) is 5.73 Å². The fraction of sp³-hybridized carbons (Fsp3) is 0.857. The van der Waals surface area contributed by atoms with Gasteiger partial charge in [0, 0.05) is 25.0 Å². The minimum absolute atomic E-state index is 0. The molecule has 0 spiro atoms. The van der Waals surface area contributed by atoms with E-state index in [1.165, 1.54) is 0 Å². The second-order valence-corrected chi connectivity index (χ2v) is 3.16. The molecule has 11 heavy (non-hydrogen) atoms. The number of nitrogens with zero attached hydrogens (tertiary/aromatic N) is 1. The number of hydrogen-bond acceptors (Lipinski definition) is 2. The van der Waals surface area contributed by atoms with Crippen LogP contribution in [-0.2, 0) is 4.79 Å². The summed E-state index contributed by atoms with van der Waals surface area (Å²) in [6.45, 7) is 0.942. The number of carbonyl (C=O) groups excluding carboxylic acids is 1. The molecule has 0 unspecified atom stereocenters. The molecule has 0 aromatic rings. The maximum atomic E-state index is 11.1. The number of nitrogens with two attached hydrogens (primary N) is 1. The summed E-state index contributed by atoms with van der Waals surface area (Å²) >= 11 is 0. The van der Waals surface area contributed by atoms with Gasteiger partial charge in [-0.25, -0.2) is 0 Å². The molecule has 3 nitrogen and oxygen atoms in total.